The fourth-order valence-corrected chi connectivity index (χ4v) is 4.80. The fourth-order valence-electron chi connectivity index (χ4n) is 3.36. The Morgan fingerprint density at radius 2 is 1.60 bits per heavy atom. The molecule has 0 saturated carbocycles. The van der Waals surface area contributed by atoms with E-state index in [2.05, 4.69) is 0 Å². The minimum Gasteiger partial charge on any atom is -0.444 e. The Morgan fingerprint density at radius 1 is 1.00 bits per heavy atom. The van der Waals surface area contributed by atoms with Gasteiger partial charge in [-0.3, -0.25) is 0 Å². The molecule has 1 saturated heterocycles. The fraction of sp³-hybridized carbons (Fsp3) is 0.375. The molecule has 6 heteroatoms. The maximum Gasteiger partial charge on any atom is 0.410 e. The number of aryl methyl sites for hydroxylation is 1. The number of benzene rings is 2. The van der Waals surface area contributed by atoms with Crippen LogP contribution in [0, 0.1) is 6.92 Å². The van der Waals surface area contributed by atoms with Crippen molar-refractivity contribution < 1.29 is 17.9 Å². The zero-order chi connectivity index (χ0) is 21.9. The molecule has 0 aliphatic carbocycles. The Bertz CT molecular complexity index is 1040. The summed E-state index contributed by atoms with van der Waals surface area (Å²) in [6.07, 6.45) is 3.04. The minimum absolute atomic E-state index is 0.290. The smallest absolute Gasteiger partial charge is 0.410 e. The number of hydrogen-bond acceptors (Lipinski definition) is 4. The lowest BCUT2D eigenvalue weighted by atomic mass is 10.0. The van der Waals surface area contributed by atoms with Crippen molar-refractivity contribution in [1.29, 1.82) is 0 Å². The molecule has 1 aliphatic heterocycles. The average Bonchev–Trinajstić information content (AvgIpc) is 2.68. The summed E-state index contributed by atoms with van der Waals surface area (Å²) < 4.78 is 31.8. The van der Waals surface area contributed by atoms with Gasteiger partial charge in [0.25, 0.3) is 0 Å². The van der Waals surface area contributed by atoms with Gasteiger partial charge in [0.1, 0.15) is 5.60 Å². The van der Waals surface area contributed by atoms with E-state index in [1.54, 1.807) is 41.3 Å². The molecular formula is C24H29NO4S. The number of ether oxygens (including phenoxy) is 1. The second kappa shape index (κ2) is 8.64. The van der Waals surface area contributed by atoms with Crippen LogP contribution in [-0.4, -0.2) is 38.1 Å². The van der Waals surface area contributed by atoms with Gasteiger partial charge in [-0.2, -0.15) is 0 Å². The van der Waals surface area contributed by atoms with Crippen molar-refractivity contribution in [3.05, 3.63) is 65.2 Å². The third-order valence-corrected chi connectivity index (χ3v) is 6.80. The first kappa shape index (κ1) is 22.1. The van der Waals surface area contributed by atoms with Gasteiger partial charge in [0.15, 0.2) is 0 Å². The summed E-state index contributed by atoms with van der Waals surface area (Å²) in [5, 5.41) is 0. The van der Waals surface area contributed by atoms with Crippen LogP contribution >= 0.6 is 0 Å². The second-order valence-corrected chi connectivity index (χ2v) is 10.5. The van der Waals surface area contributed by atoms with Gasteiger partial charge in [-0.05, 0) is 64.3 Å². The first-order chi connectivity index (χ1) is 14.1. The number of amides is 1. The Kier molecular flexibility index (Phi) is 6.36. The molecule has 3 rings (SSSR count). The molecule has 0 radical (unpaired) electrons. The molecular weight excluding hydrogens is 398 g/mol. The highest BCUT2D eigenvalue weighted by Crippen LogP contribution is 2.28. The Labute approximate surface area is 179 Å². The van der Waals surface area contributed by atoms with E-state index in [1.165, 1.54) is 0 Å². The zero-order valence-corrected chi connectivity index (χ0v) is 18.8. The van der Waals surface area contributed by atoms with E-state index >= 15 is 0 Å². The van der Waals surface area contributed by atoms with Gasteiger partial charge in [0.05, 0.1) is 9.79 Å². The normalized spacial score (nSPS) is 15.1. The molecule has 0 aromatic heterocycles. The van der Waals surface area contributed by atoms with Gasteiger partial charge in [0.2, 0.25) is 9.84 Å². The molecule has 1 amide bonds. The Morgan fingerprint density at radius 3 is 2.20 bits per heavy atom. The third kappa shape index (κ3) is 5.30. The molecule has 0 unspecified atom stereocenters. The van der Waals surface area contributed by atoms with Gasteiger partial charge in [-0.25, -0.2) is 13.2 Å². The quantitative estimate of drug-likeness (QED) is 0.672. The number of hydrogen-bond donors (Lipinski definition) is 0. The molecule has 160 valence electrons. The summed E-state index contributed by atoms with van der Waals surface area (Å²) in [4.78, 5) is 14.5. The van der Waals surface area contributed by atoms with E-state index in [9.17, 15) is 13.2 Å². The van der Waals surface area contributed by atoms with Gasteiger partial charge < -0.3 is 9.64 Å². The van der Waals surface area contributed by atoms with Crippen molar-refractivity contribution >= 4 is 22.0 Å². The van der Waals surface area contributed by atoms with Crippen molar-refractivity contribution in [2.75, 3.05) is 13.1 Å². The predicted molar refractivity (Wildman–Crippen MR) is 118 cm³/mol. The molecule has 30 heavy (non-hydrogen) atoms. The molecule has 1 heterocycles. The highest BCUT2D eigenvalue weighted by molar-refractivity contribution is 7.91. The predicted octanol–water partition coefficient (Wildman–Crippen LogP) is 5.24. The molecule has 1 aliphatic rings. The van der Waals surface area contributed by atoms with Crippen LogP contribution in [0.4, 0.5) is 4.79 Å². The van der Waals surface area contributed by atoms with E-state index in [0.29, 0.717) is 41.3 Å². The summed E-state index contributed by atoms with van der Waals surface area (Å²) in [7, 11) is -3.61. The first-order valence-electron chi connectivity index (χ1n) is 10.1. The van der Waals surface area contributed by atoms with Crippen LogP contribution in [0.25, 0.3) is 6.08 Å². The maximum absolute atomic E-state index is 13.2. The van der Waals surface area contributed by atoms with E-state index in [0.717, 1.165) is 11.1 Å². The largest absolute Gasteiger partial charge is 0.444 e. The summed E-state index contributed by atoms with van der Waals surface area (Å²) in [6, 6.07) is 14.0. The van der Waals surface area contributed by atoms with Crippen molar-refractivity contribution in [2.24, 2.45) is 0 Å². The van der Waals surface area contributed by atoms with Crippen LogP contribution in [-0.2, 0) is 14.6 Å². The number of carbonyl (C=O) groups excluding carboxylic acids is 1. The van der Waals surface area contributed by atoms with Crippen LogP contribution < -0.4 is 0 Å². The van der Waals surface area contributed by atoms with Crippen LogP contribution in [0.3, 0.4) is 0 Å². The molecule has 0 spiro atoms. The van der Waals surface area contributed by atoms with Gasteiger partial charge in [-0.1, -0.05) is 47.5 Å². The molecule has 2 aromatic carbocycles. The van der Waals surface area contributed by atoms with Crippen molar-refractivity contribution in [1.82, 2.24) is 4.90 Å². The standard InChI is InChI=1S/C24H29NO4S/c1-18-9-11-21(12-10-18)30(27,28)22-8-6-5-7-20(22)17-19-13-15-25(16-14-19)23(26)29-24(2,3)4/h5-12,17H,13-16H2,1-4H3. The topological polar surface area (TPSA) is 63.7 Å². The number of nitrogens with zero attached hydrogens (tertiary/aromatic N) is 1. The van der Waals surface area contributed by atoms with Crippen LogP contribution in [0.1, 0.15) is 44.7 Å². The highest BCUT2D eigenvalue weighted by Gasteiger charge is 2.25. The number of piperidine rings is 1. The monoisotopic (exact) mass is 427 g/mol. The summed E-state index contributed by atoms with van der Waals surface area (Å²) >= 11 is 0. The van der Waals surface area contributed by atoms with E-state index < -0.39 is 15.4 Å². The van der Waals surface area contributed by atoms with E-state index in [4.69, 9.17) is 4.74 Å². The number of rotatable bonds is 3. The Balaban J connectivity index is 1.80. The number of likely N-dealkylation sites (tertiary alicyclic amines) is 1. The average molecular weight is 428 g/mol. The van der Waals surface area contributed by atoms with Gasteiger partial charge >= 0.3 is 6.09 Å². The van der Waals surface area contributed by atoms with Crippen molar-refractivity contribution in [3.8, 4) is 0 Å². The van der Waals surface area contributed by atoms with E-state index in [-0.39, 0.29) is 6.09 Å². The van der Waals surface area contributed by atoms with Crippen LogP contribution in [0.15, 0.2) is 63.9 Å². The molecule has 0 atom stereocenters. The second-order valence-electron chi connectivity index (χ2n) is 8.62. The highest BCUT2D eigenvalue weighted by atomic mass is 32.2. The van der Waals surface area contributed by atoms with Crippen LogP contribution in [0.2, 0.25) is 0 Å². The molecule has 2 aromatic rings. The number of carbonyl (C=O) groups is 1. The maximum atomic E-state index is 13.2. The summed E-state index contributed by atoms with van der Waals surface area (Å²) in [6.45, 7) is 8.61. The first-order valence-corrected chi connectivity index (χ1v) is 11.6. The van der Waals surface area contributed by atoms with Gasteiger partial charge in [0, 0.05) is 13.1 Å². The van der Waals surface area contributed by atoms with E-state index in [1.807, 2.05) is 45.9 Å². The lowest BCUT2D eigenvalue weighted by Gasteiger charge is -2.31. The van der Waals surface area contributed by atoms with Gasteiger partial charge in [-0.15, -0.1) is 0 Å². The summed E-state index contributed by atoms with van der Waals surface area (Å²) in [5.41, 5.74) is 2.30. The Hall–Kier alpha value is -2.60. The molecule has 0 bridgehead atoms. The van der Waals surface area contributed by atoms with Crippen molar-refractivity contribution in [2.45, 2.75) is 55.9 Å². The third-order valence-electron chi connectivity index (χ3n) is 4.96. The summed E-state index contributed by atoms with van der Waals surface area (Å²) in [5.74, 6) is 0. The SMILES string of the molecule is Cc1ccc(S(=O)(=O)c2ccccc2C=C2CCN(C(=O)OC(C)(C)C)CC2)cc1. The molecule has 0 N–H and O–H groups in total. The zero-order valence-electron chi connectivity index (χ0n) is 18.0. The van der Waals surface area contributed by atoms with Crippen LogP contribution in [0.5, 0.6) is 0 Å². The molecule has 1 fully saturated rings. The minimum atomic E-state index is -3.61. The lowest BCUT2D eigenvalue weighted by Crippen LogP contribution is -2.40. The lowest BCUT2D eigenvalue weighted by molar-refractivity contribution is 0.0237. The molecule has 5 nitrogen and oxygen atoms in total. The number of sulfone groups is 1. The van der Waals surface area contributed by atoms with Crippen molar-refractivity contribution in [3.63, 3.8) is 0 Å².